The van der Waals surface area contributed by atoms with Gasteiger partial charge in [-0.15, -0.1) is 0 Å². The second kappa shape index (κ2) is 4.11. The molecule has 4 heteroatoms. The van der Waals surface area contributed by atoms with Crippen molar-refractivity contribution in [2.24, 2.45) is 0 Å². The summed E-state index contributed by atoms with van der Waals surface area (Å²) < 4.78 is 27.9. The lowest BCUT2D eigenvalue weighted by atomic mass is 10.2. The molecule has 0 amide bonds. The lowest BCUT2D eigenvalue weighted by Crippen LogP contribution is -2.07. The van der Waals surface area contributed by atoms with Gasteiger partial charge in [0, 0.05) is 0 Å². The highest BCUT2D eigenvalue weighted by Gasteiger charge is 2.16. The van der Waals surface area contributed by atoms with E-state index in [0.29, 0.717) is 5.56 Å². The van der Waals surface area contributed by atoms with Crippen molar-refractivity contribution >= 4 is 10.1 Å². The average Bonchev–Trinajstić information content (AvgIpc) is 2.09. The smallest absolute Gasteiger partial charge is 0.267 e. The predicted octanol–water partition coefficient (Wildman–Crippen LogP) is 2.03. The molecule has 3 nitrogen and oxygen atoms in total. The van der Waals surface area contributed by atoms with Gasteiger partial charge in [0.05, 0.1) is 11.5 Å². The summed E-state index contributed by atoms with van der Waals surface area (Å²) >= 11 is 0. The standard InChI is InChI=1S/C10H14O3S/c1-4-13-14(11,12)10-7-8(2)5-6-9(10)3/h5-7H,4H2,1-3H3. The predicted molar refractivity (Wildman–Crippen MR) is 54.7 cm³/mol. The van der Waals surface area contributed by atoms with Crippen molar-refractivity contribution in [1.29, 1.82) is 0 Å². The number of benzene rings is 1. The molecule has 0 bridgehead atoms. The van der Waals surface area contributed by atoms with Crippen LogP contribution in [0.2, 0.25) is 0 Å². The zero-order valence-electron chi connectivity index (χ0n) is 8.57. The first-order valence-electron chi connectivity index (χ1n) is 4.44. The lowest BCUT2D eigenvalue weighted by molar-refractivity contribution is 0.338. The Bertz CT molecular complexity index is 421. The third-order valence-electron chi connectivity index (χ3n) is 1.89. The summed E-state index contributed by atoms with van der Waals surface area (Å²) in [6.45, 7) is 5.42. The second-order valence-corrected chi connectivity index (χ2v) is 4.71. The Morgan fingerprint density at radius 2 is 1.93 bits per heavy atom. The van der Waals surface area contributed by atoms with Crippen LogP contribution in [0.4, 0.5) is 0 Å². The second-order valence-electron chi connectivity index (χ2n) is 3.13. The van der Waals surface area contributed by atoms with E-state index in [9.17, 15) is 8.42 Å². The molecule has 0 aliphatic heterocycles. The molecule has 14 heavy (non-hydrogen) atoms. The SMILES string of the molecule is CCOS(=O)(=O)c1cc(C)ccc1C. The Balaban J connectivity index is 3.25. The van der Waals surface area contributed by atoms with Gasteiger partial charge in [0.2, 0.25) is 0 Å². The quantitative estimate of drug-likeness (QED) is 0.723. The van der Waals surface area contributed by atoms with Crippen LogP contribution in [0, 0.1) is 13.8 Å². The molecular weight excluding hydrogens is 200 g/mol. The largest absolute Gasteiger partial charge is 0.297 e. The Labute approximate surface area is 84.8 Å². The summed E-state index contributed by atoms with van der Waals surface area (Å²) in [6, 6.07) is 5.28. The highest BCUT2D eigenvalue weighted by Crippen LogP contribution is 2.18. The van der Waals surface area contributed by atoms with Gasteiger partial charge in [-0.25, -0.2) is 0 Å². The topological polar surface area (TPSA) is 43.4 Å². The summed E-state index contributed by atoms with van der Waals surface area (Å²) in [5.74, 6) is 0. The van der Waals surface area contributed by atoms with Crippen molar-refractivity contribution in [2.75, 3.05) is 6.61 Å². The van der Waals surface area contributed by atoms with Gasteiger partial charge in [0.25, 0.3) is 10.1 Å². The van der Waals surface area contributed by atoms with Crippen molar-refractivity contribution in [3.8, 4) is 0 Å². The number of hydrogen-bond donors (Lipinski definition) is 0. The first-order chi connectivity index (χ1) is 6.47. The fourth-order valence-corrected chi connectivity index (χ4v) is 2.43. The van der Waals surface area contributed by atoms with Crippen LogP contribution in [0.3, 0.4) is 0 Å². The zero-order chi connectivity index (χ0) is 10.8. The normalized spacial score (nSPS) is 11.6. The zero-order valence-corrected chi connectivity index (χ0v) is 9.39. The van der Waals surface area contributed by atoms with E-state index in [-0.39, 0.29) is 11.5 Å². The molecule has 0 atom stereocenters. The molecule has 0 unspecified atom stereocenters. The van der Waals surface area contributed by atoms with Gasteiger partial charge >= 0.3 is 0 Å². The first-order valence-corrected chi connectivity index (χ1v) is 5.85. The fourth-order valence-electron chi connectivity index (χ4n) is 1.20. The molecule has 0 spiro atoms. The van der Waals surface area contributed by atoms with Crippen molar-refractivity contribution in [3.05, 3.63) is 29.3 Å². The van der Waals surface area contributed by atoms with E-state index < -0.39 is 10.1 Å². The molecule has 0 heterocycles. The van der Waals surface area contributed by atoms with Crippen molar-refractivity contribution < 1.29 is 12.6 Å². The van der Waals surface area contributed by atoms with Gasteiger partial charge in [-0.2, -0.15) is 8.42 Å². The van der Waals surface area contributed by atoms with Crippen LogP contribution < -0.4 is 0 Å². The third kappa shape index (κ3) is 2.33. The van der Waals surface area contributed by atoms with Crippen molar-refractivity contribution in [3.63, 3.8) is 0 Å². The summed E-state index contributed by atoms with van der Waals surface area (Å²) in [4.78, 5) is 0.263. The van der Waals surface area contributed by atoms with E-state index in [1.54, 1.807) is 26.0 Å². The van der Waals surface area contributed by atoms with E-state index in [1.165, 1.54) is 0 Å². The molecular formula is C10H14O3S. The molecule has 0 saturated heterocycles. The molecule has 0 aliphatic carbocycles. The number of hydrogen-bond acceptors (Lipinski definition) is 3. The van der Waals surface area contributed by atoms with Crippen LogP contribution in [-0.2, 0) is 14.3 Å². The Hall–Kier alpha value is -0.870. The number of rotatable bonds is 3. The van der Waals surface area contributed by atoms with E-state index >= 15 is 0 Å². The summed E-state index contributed by atoms with van der Waals surface area (Å²) in [7, 11) is -3.56. The van der Waals surface area contributed by atoms with Crippen molar-refractivity contribution in [2.45, 2.75) is 25.7 Å². The van der Waals surface area contributed by atoms with E-state index in [1.807, 2.05) is 13.0 Å². The summed E-state index contributed by atoms with van der Waals surface area (Å²) in [5, 5.41) is 0. The minimum Gasteiger partial charge on any atom is -0.267 e. The van der Waals surface area contributed by atoms with Gasteiger partial charge in [0.1, 0.15) is 0 Å². The van der Waals surface area contributed by atoms with E-state index in [4.69, 9.17) is 4.18 Å². The van der Waals surface area contributed by atoms with Crippen LogP contribution in [0.15, 0.2) is 23.1 Å². The summed E-state index contributed by atoms with van der Waals surface area (Å²) in [6.07, 6.45) is 0. The van der Waals surface area contributed by atoms with Crippen LogP contribution in [0.25, 0.3) is 0 Å². The molecule has 0 fully saturated rings. The van der Waals surface area contributed by atoms with Gasteiger partial charge < -0.3 is 0 Å². The molecule has 0 radical (unpaired) electrons. The van der Waals surface area contributed by atoms with Gasteiger partial charge in [0.15, 0.2) is 0 Å². The minimum atomic E-state index is -3.56. The highest BCUT2D eigenvalue weighted by molar-refractivity contribution is 7.86. The lowest BCUT2D eigenvalue weighted by Gasteiger charge is -2.07. The molecule has 0 aromatic heterocycles. The highest BCUT2D eigenvalue weighted by atomic mass is 32.2. The van der Waals surface area contributed by atoms with Crippen LogP contribution in [-0.4, -0.2) is 15.0 Å². The third-order valence-corrected chi connectivity index (χ3v) is 3.41. The monoisotopic (exact) mass is 214 g/mol. The van der Waals surface area contributed by atoms with Crippen LogP contribution >= 0.6 is 0 Å². The molecule has 0 saturated carbocycles. The molecule has 78 valence electrons. The maximum atomic E-state index is 11.6. The van der Waals surface area contributed by atoms with Crippen LogP contribution in [0.5, 0.6) is 0 Å². The first kappa shape index (κ1) is 11.2. The van der Waals surface area contributed by atoms with Gasteiger partial charge in [-0.3, -0.25) is 4.18 Å². The summed E-state index contributed by atoms with van der Waals surface area (Å²) in [5.41, 5.74) is 1.62. The molecule has 1 rings (SSSR count). The fraction of sp³-hybridized carbons (Fsp3) is 0.400. The van der Waals surface area contributed by atoms with Crippen molar-refractivity contribution in [1.82, 2.24) is 0 Å². The Morgan fingerprint density at radius 1 is 1.29 bits per heavy atom. The van der Waals surface area contributed by atoms with Crippen LogP contribution in [0.1, 0.15) is 18.1 Å². The number of aryl methyl sites for hydroxylation is 2. The average molecular weight is 214 g/mol. The molecule has 1 aromatic rings. The molecule has 0 aliphatic rings. The van der Waals surface area contributed by atoms with Gasteiger partial charge in [-0.05, 0) is 38.0 Å². The minimum absolute atomic E-state index is 0.162. The Kier molecular flexibility index (Phi) is 3.29. The maximum Gasteiger partial charge on any atom is 0.297 e. The maximum absolute atomic E-state index is 11.6. The van der Waals surface area contributed by atoms with E-state index in [2.05, 4.69) is 0 Å². The Morgan fingerprint density at radius 3 is 2.50 bits per heavy atom. The van der Waals surface area contributed by atoms with E-state index in [0.717, 1.165) is 5.56 Å². The molecule has 0 N–H and O–H groups in total. The molecule has 1 aromatic carbocycles. The van der Waals surface area contributed by atoms with Gasteiger partial charge in [-0.1, -0.05) is 12.1 Å².